The van der Waals surface area contributed by atoms with Gasteiger partial charge in [0.05, 0.1) is 12.1 Å². The van der Waals surface area contributed by atoms with E-state index >= 15 is 0 Å². The fourth-order valence-corrected chi connectivity index (χ4v) is 3.30. The van der Waals surface area contributed by atoms with E-state index in [0.717, 1.165) is 5.82 Å². The van der Waals surface area contributed by atoms with Crippen LogP contribution in [0, 0.1) is 0 Å². The Bertz CT molecular complexity index is 822. The molecule has 1 aliphatic carbocycles. The van der Waals surface area contributed by atoms with Crippen molar-refractivity contribution in [2.75, 3.05) is 5.32 Å². The Labute approximate surface area is 137 Å². The van der Waals surface area contributed by atoms with Crippen LogP contribution in [0.3, 0.4) is 0 Å². The van der Waals surface area contributed by atoms with Crippen molar-refractivity contribution in [3.63, 3.8) is 0 Å². The van der Waals surface area contributed by atoms with Crippen molar-refractivity contribution < 1.29 is 4.79 Å². The highest BCUT2D eigenvalue weighted by atomic mass is 32.1. The summed E-state index contributed by atoms with van der Waals surface area (Å²) in [6.07, 6.45) is 8.08. The maximum atomic E-state index is 12.1. The number of anilines is 1. The van der Waals surface area contributed by atoms with Crippen LogP contribution in [0.15, 0.2) is 42.9 Å². The maximum Gasteiger partial charge on any atom is 0.232 e. The van der Waals surface area contributed by atoms with Crippen LogP contribution < -0.4 is 5.32 Å². The van der Waals surface area contributed by atoms with Crippen LogP contribution in [0.1, 0.15) is 29.3 Å². The Kier molecular flexibility index (Phi) is 3.63. The largest absolute Gasteiger partial charge is 0.302 e. The van der Waals surface area contributed by atoms with E-state index < -0.39 is 0 Å². The van der Waals surface area contributed by atoms with Gasteiger partial charge in [0.25, 0.3) is 0 Å². The maximum absolute atomic E-state index is 12.1. The van der Waals surface area contributed by atoms with Crippen molar-refractivity contribution in [3.05, 3.63) is 53.4 Å². The zero-order chi connectivity index (χ0) is 15.6. The number of amides is 1. The average molecular weight is 325 g/mol. The summed E-state index contributed by atoms with van der Waals surface area (Å²) >= 11 is 1.57. The molecule has 0 aliphatic heterocycles. The molecule has 0 bridgehead atoms. The molecule has 23 heavy (non-hydrogen) atoms. The molecule has 1 fully saturated rings. The van der Waals surface area contributed by atoms with E-state index in [1.165, 1.54) is 17.7 Å². The van der Waals surface area contributed by atoms with Crippen LogP contribution in [0.25, 0.3) is 5.82 Å². The summed E-state index contributed by atoms with van der Waals surface area (Å²) in [6, 6.07) is 7.44. The molecule has 7 heteroatoms. The number of aromatic nitrogens is 4. The molecular formula is C16H15N5OS. The summed E-state index contributed by atoms with van der Waals surface area (Å²) in [5, 5.41) is 7.90. The van der Waals surface area contributed by atoms with Gasteiger partial charge in [0.1, 0.15) is 0 Å². The van der Waals surface area contributed by atoms with Crippen LogP contribution in [0.5, 0.6) is 0 Å². The minimum Gasteiger partial charge on any atom is -0.302 e. The van der Waals surface area contributed by atoms with Crippen LogP contribution in [-0.4, -0.2) is 25.7 Å². The summed E-state index contributed by atoms with van der Waals surface area (Å²) in [6.45, 7) is 0. The van der Waals surface area contributed by atoms with Gasteiger partial charge < -0.3 is 5.32 Å². The number of carbonyl (C=O) groups is 1. The van der Waals surface area contributed by atoms with Gasteiger partial charge in [-0.3, -0.25) is 4.79 Å². The standard InChI is InChI=1S/C16H15N5OS/c22-15(19-16-18-10-13(23-16)11-4-5-11)9-12-6-8-21(20-12)14-3-1-2-7-17-14/h1-3,6-8,10-11H,4-5,9H2,(H,18,19,22). The quantitative estimate of drug-likeness (QED) is 0.783. The summed E-state index contributed by atoms with van der Waals surface area (Å²) < 4.78 is 1.66. The minimum absolute atomic E-state index is 0.104. The first-order valence-electron chi connectivity index (χ1n) is 7.49. The first kappa shape index (κ1) is 14.1. The summed E-state index contributed by atoms with van der Waals surface area (Å²) in [5.41, 5.74) is 0.701. The van der Waals surface area contributed by atoms with E-state index in [2.05, 4.69) is 20.4 Å². The van der Waals surface area contributed by atoms with Crippen molar-refractivity contribution in [1.82, 2.24) is 19.7 Å². The lowest BCUT2D eigenvalue weighted by Gasteiger charge is -2.00. The van der Waals surface area contributed by atoms with Crippen molar-refractivity contribution in [1.29, 1.82) is 0 Å². The van der Waals surface area contributed by atoms with Gasteiger partial charge in [0.2, 0.25) is 5.91 Å². The molecule has 6 nitrogen and oxygen atoms in total. The number of hydrogen-bond acceptors (Lipinski definition) is 5. The Hall–Kier alpha value is -2.54. The van der Waals surface area contributed by atoms with Crippen molar-refractivity contribution >= 4 is 22.4 Å². The first-order chi connectivity index (χ1) is 11.3. The second kappa shape index (κ2) is 5.92. The SMILES string of the molecule is O=C(Cc1ccn(-c2ccccn2)n1)Nc1ncc(C2CC2)s1. The molecule has 116 valence electrons. The number of pyridine rings is 1. The smallest absolute Gasteiger partial charge is 0.232 e. The van der Waals surface area contributed by atoms with Gasteiger partial charge in [0.15, 0.2) is 10.9 Å². The van der Waals surface area contributed by atoms with Crippen LogP contribution in [0.4, 0.5) is 5.13 Å². The van der Waals surface area contributed by atoms with Gasteiger partial charge in [-0.2, -0.15) is 5.10 Å². The average Bonchev–Trinajstić information content (AvgIpc) is 3.14. The molecule has 1 saturated carbocycles. The molecule has 1 amide bonds. The van der Waals surface area contributed by atoms with E-state index in [4.69, 9.17) is 0 Å². The highest BCUT2D eigenvalue weighted by Crippen LogP contribution is 2.43. The third-order valence-electron chi connectivity index (χ3n) is 3.62. The van der Waals surface area contributed by atoms with Gasteiger partial charge in [-0.05, 0) is 37.0 Å². The van der Waals surface area contributed by atoms with Gasteiger partial charge in [0, 0.05) is 23.5 Å². The lowest BCUT2D eigenvalue weighted by molar-refractivity contribution is -0.115. The molecule has 0 radical (unpaired) electrons. The molecule has 4 rings (SSSR count). The highest BCUT2D eigenvalue weighted by molar-refractivity contribution is 7.15. The fraction of sp³-hybridized carbons (Fsp3) is 0.250. The Morgan fingerprint density at radius 3 is 3.00 bits per heavy atom. The molecule has 3 aromatic heterocycles. The normalized spacial score (nSPS) is 13.9. The molecule has 0 atom stereocenters. The minimum atomic E-state index is -0.104. The van der Waals surface area contributed by atoms with Crippen LogP contribution in [0.2, 0.25) is 0 Å². The molecule has 1 N–H and O–H groups in total. The van der Waals surface area contributed by atoms with E-state index in [1.54, 1.807) is 28.4 Å². The summed E-state index contributed by atoms with van der Waals surface area (Å²) in [7, 11) is 0. The number of rotatable bonds is 5. The summed E-state index contributed by atoms with van der Waals surface area (Å²) in [4.78, 5) is 21.9. The number of nitrogens with one attached hydrogen (secondary N) is 1. The number of thiazole rings is 1. The monoisotopic (exact) mass is 325 g/mol. The predicted octanol–water partition coefficient (Wildman–Crippen LogP) is 2.78. The van der Waals surface area contributed by atoms with Crippen molar-refractivity contribution in [3.8, 4) is 5.82 Å². The molecule has 0 saturated heterocycles. The van der Waals surface area contributed by atoms with Gasteiger partial charge >= 0.3 is 0 Å². The van der Waals surface area contributed by atoms with Gasteiger partial charge in [-0.25, -0.2) is 14.6 Å². The van der Waals surface area contributed by atoms with Gasteiger partial charge in [-0.1, -0.05) is 6.07 Å². The third kappa shape index (κ3) is 3.29. The molecule has 0 unspecified atom stereocenters. The first-order valence-corrected chi connectivity index (χ1v) is 8.31. The van der Waals surface area contributed by atoms with Crippen LogP contribution in [-0.2, 0) is 11.2 Å². The molecule has 0 spiro atoms. The van der Waals surface area contributed by atoms with E-state index in [1.807, 2.05) is 30.5 Å². The Balaban J connectivity index is 1.39. The van der Waals surface area contributed by atoms with Crippen molar-refractivity contribution in [2.45, 2.75) is 25.2 Å². The lowest BCUT2D eigenvalue weighted by atomic mass is 10.3. The van der Waals surface area contributed by atoms with Crippen LogP contribution >= 0.6 is 11.3 Å². The topological polar surface area (TPSA) is 72.7 Å². The van der Waals surface area contributed by atoms with E-state index in [-0.39, 0.29) is 12.3 Å². The molecule has 1 aliphatic rings. The van der Waals surface area contributed by atoms with E-state index in [0.29, 0.717) is 16.7 Å². The van der Waals surface area contributed by atoms with Crippen molar-refractivity contribution in [2.24, 2.45) is 0 Å². The lowest BCUT2D eigenvalue weighted by Crippen LogP contribution is -2.14. The van der Waals surface area contributed by atoms with E-state index in [9.17, 15) is 4.79 Å². The van der Waals surface area contributed by atoms with Gasteiger partial charge in [-0.15, -0.1) is 11.3 Å². The third-order valence-corrected chi connectivity index (χ3v) is 4.69. The highest BCUT2D eigenvalue weighted by Gasteiger charge is 2.26. The fourth-order valence-electron chi connectivity index (χ4n) is 2.30. The molecule has 0 aromatic carbocycles. The summed E-state index contributed by atoms with van der Waals surface area (Å²) in [5.74, 6) is 1.29. The number of nitrogens with zero attached hydrogens (tertiary/aromatic N) is 4. The second-order valence-corrected chi connectivity index (χ2v) is 6.57. The molecule has 3 heterocycles. The Morgan fingerprint density at radius 2 is 2.22 bits per heavy atom. The number of hydrogen-bond donors (Lipinski definition) is 1. The number of carbonyl (C=O) groups excluding carboxylic acids is 1. The Morgan fingerprint density at radius 1 is 1.30 bits per heavy atom. The zero-order valence-corrected chi connectivity index (χ0v) is 13.2. The molecule has 3 aromatic rings. The predicted molar refractivity (Wildman–Crippen MR) is 87.8 cm³/mol. The zero-order valence-electron chi connectivity index (χ0n) is 12.3. The second-order valence-electron chi connectivity index (χ2n) is 5.51. The molecular weight excluding hydrogens is 310 g/mol.